The van der Waals surface area contributed by atoms with Crippen molar-refractivity contribution in [2.24, 2.45) is 7.05 Å². The average molecular weight is 576 g/mol. The summed E-state index contributed by atoms with van der Waals surface area (Å²) in [7, 11) is 1.82. The molecule has 4 aromatic rings. The van der Waals surface area contributed by atoms with Crippen molar-refractivity contribution >= 4 is 6.09 Å². The predicted molar refractivity (Wildman–Crippen MR) is 153 cm³/mol. The van der Waals surface area contributed by atoms with E-state index in [0.717, 1.165) is 16.8 Å². The van der Waals surface area contributed by atoms with Crippen molar-refractivity contribution in [2.75, 3.05) is 13.1 Å². The van der Waals surface area contributed by atoms with Crippen molar-refractivity contribution in [1.82, 2.24) is 34.4 Å². The highest BCUT2D eigenvalue weighted by Gasteiger charge is 2.35. The van der Waals surface area contributed by atoms with E-state index in [9.17, 15) is 14.0 Å². The Labute approximate surface area is 242 Å². The van der Waals surface area contributed by atoms with Gasteiger partial charge in [-0.25, -0.2) is 23.8 Å². The van der Waals surface area contributed by atoms with Crippen LogP contribution in [0.5, 0.6) is 5.75 Å². The first-order valence-electron chi connectivity index (χ1n) is 13.8. The summed E-state index contributed by atoms with van der Waals surface area (Å²) >= 11 is 0. The summed E-state index contributed by atoms with van der Waals surface area (Å²) < 4.78 is 29.4. The van der Waals surface area contributed by atoms with Crippen LogP contribution in [0.15, 0.2) is 66.1 Å². The van der Waals surface area contributed by atoms with Crippen LogP contribution >= 0.6 is 0 Å². The number of aromatic nitrogens is 6. The fourth-order valence-corrected chi connectivity index (χ4v) is 4.71. The van der Waals surface area contributed by atoms with Crippen LogP contribution in [0, 0.1) is 0 Å². The lowest BCUT2D eigenvalue weighted by molar-refractivity contribution is -0.0106. The molecule has 0 N–H and O–H groups in total. The van der Waals surface area contributed by atoms with E-state index in [-0.39, 0.29) is 17.9 Å². The number of carbonyl (C=O) groups is 1. The Balaban J connectivity index is 1.26. The third-order valence-electron chi connectivity index (χ3n) is 6.89. The zero-order chi connectivity index (χ0) is 30.0. The topological polar surface area (TPSA) is 117 Å². The van der Waals surface area contributed by atoms with E-state index < -0.39 is 24.0 Å². The number of hydrogen-bond acceptors (Lipinski definition) is 8. The number of rotatable bonds is 6. The van der Waals surface area contributed by atoms with Crippen LogP contribution in [0.3, 0.4) is 0 Å². The second kappa shape index (κ2) is 11.7. The first kappa shape index (κ1) is 28.9. The SMILES string of the molecule is CC(c1cccc(-c2ncc(OC3CCN(C(=O)OC(C)(C)C)CC3F)cn2)c1)c1nn(-c2cnn(C)c2)ccc1=O. The van der Waals surface area contributed by atoms with E-state index >= 15 is 0 Å². The normalized spacial score (nSPS) is 18.0. The predicted octanol–water partition coefficient (Wildman–Crippen LogP) is 4.30. The number of nitrogens with zero attached hydrogens (tertiary/aromatic N) is 7. The maximum Gasteiger partial charge on any atom is 0.410 e. The number of halogens is 1. The smallest absolute Gasteiger partial charge is 0.410 e. The molecule has 42 heavy (non-hydrogen) atoms. The largest absolute Gasteiger partial charge is 0.484 e. The fraction of sp³-hybridized carbons (Fsp3) is 0.400. The molecule has 1 amide bonds. The van der Waals surface area contributed by atoms with Crippen molar-refractivity contribution in [3.63, 3.8) is 0 Å². The quantitative estimate of drug-likeness (QED) is 0.334. The van der Waals surface area contributed by atoms with E-state index in [2.05, 4.69) is 20.2 Å². The third-order valence-corrected chi connectivity index (χ3v) is 6.89. The Kier molecular flexibility index (Phi) is 8.06. The summed E-state index contributed by atoms with van der Waals surface area (Å²) in [6.45, 7) is 7.47. The van der Waals surface area contributed by atoms with Crippen LogP contribution in [-0.4, -0.2) is 71.5 Å². The Hall–Kier alpha value is -4.61. The Morgan fingerprint density at radius 3 is 2.57 bits per heavy atom. The molecule has 0 radical (unpaired) electrons. The molecule has 1 aromatic carbocycles. The molecule has 3 unspecified atom stereocenters. The molecule has 12 heteroatoms. The third kappa shape index (κ3) is 6.64. The van der Waals surface area contributed by atoms with E-state index in [4.69, 9.17) is 9.47 Å². The van der Waals surface area contributed by atoms with Gasteiger partial charge in [-0.3, -0.25) is 9.48 Å². The summed E-state index contributed by atoms with van der Waals surface area (Å²) in [5, 5.41) is 8.75. The lowest BCUT2D eigenvalue weighted by Gasteiger charge is -2.35. The molecular weight excluding hydrogens is 541 g/mol. The molecule has 1 aliphatic heterocycles. The standard InChI is InChI=1S/C30H34FN7O4/c1-19(27-25(39)9-12-38(35-27)22-14-34-36(5)17-22)20-7-6-8-21(13-20)28-32-15-23(16-33-28)41-26-10-11-37(18-24(26)31)29(40)42-30(2,3)4/h6-9,12-17,19,24,26H,10-11,18H2,1-5H3. The van der Waals surface area contributed by atoms with Gasteiger partial charge in [-0.05, 0) is 32.4 Å². The molecule has 11 nitrogen and oxygen atoms in total. The first-order chi connectivity index (χ1) is 20.0. The number of aryl methyl sites for hydroxylation is 1. The maximum absolute atomic E-state index is 14.9. The highest BCUT2D eigenvalue weighted by Crippen LogP contribution is 2.27. The van der Waals surface area contributed by atoms with Gasteiger partial charge < -0.3 is 14.4 Å². The Morgan fingerprint density at radius 2 is 1.90 bits per heavy atom. The van der Waals surface area contributed by atoms with Crippen molar-refractivity contribution in [3.8, 4) is 22.8 Å². The number of carbonyl (C=O) groups excluding carboxylic acids is 1. The number of likely N-dealkylation sites (tertiary alicyclic amines) is 1. The van der Waals surface area contributed by atoms with E-state index in [0.29, 0.717) is 30.2 Å². The number of alkyl halides is 1. The molecule has 0 aliphatic carbocycles. The molecule has 0 saturated carbocycles. The molecule has 3 atom stereocenters. The molecule has 4 heterocycles. The minimum atomic E-state index is -1.38. The van der Waals surface area contributed by atoms with Gasteiger partial charge in [-0.15, -0.1) is 0 Å². The summed E-state index contributed by atoms with van der Waals surface area (Å²) in [4.78, 5) is 35.2. The van der Waals surface area contributed by atoms with Gasteiger partial charge in [0.15, 0.2) is 17.7 Å². The van der Waals surface area contributed by atoms with Gasteiger partial charge >= 0.3 is 6.09 Å². The van der Waals surface area contributed by atoms with Crippen molar-refractivity contribution in [1.29, 1.82) is 0 Å². The zero-order valence-electron chi connectivity index (χ0n) is 24.3. The van der Waals surface area contributed by atoms with Gasteiger partial charge in [-0.1, -0.05) is 25.1 Å². The molecule has 220 valence electrons. The van der Waals surface area contributed by atoms with Gasteiger partial charge in [0.2, 0.25) is 5.43 Å². The first-order valence-corrected chi connectivity index (χ1v) is 13.8. The van der Waals surface area contributed by atoms with E-state index in [1.54, 1.807) is 42.5 Å². The molecular formula is C30H34FN7O4. The molecule has 3 aromatic heterocycles. The van der Waals surface area contributed by atoms with Crippen LogP contribution in [0.25, 0.3) is 17.1 Å². The van der Waals surface area contributed by atoms with Crippen LogP contribution in [0.2, 0.25) is 0 Å². The average Bonchev–Trinajstić information content (AvgIpc) is 3.39. The zero-order valence-corrected chi connectivity index (χ0v) is 24.3. The molecule has 0 spiro atoms. The number of ether oxygens (including phenoxy) is 2. The summed E-state index contributed by atoms with van der Waals surface area (Å²) in [6.07, 6.45) is 5.82. The Morgan fingerprint density at radius 1 is 1.14 bits per heavy atom. The molecule has 5 rings (SSSR count). The molecule has 1 aliphatic rings. The Bertz CT molecular complexity index is 1610. The highest BCUT2D eigenvalue weighted by molar-refractivity contribution is 5.68. The minimum absolute atomic E-state index is 0.104. The van der Waals surface area contributed by atoms with Gasteiger partial charge in [0.1, 0.15) is 23.1 Å². The second-order valence-corrected chi connectivity index (χ2v) is 11.4. The van der Waals surface area contributed by atoms with Crippen molar-refractivity contribution in [2.45, 2.75) is 57.9 Å². The van der Waals surface area contributed by atoms with Crippen LogP contribution in [-0.2, 0) is 11.8 Å². The number of amides is 1. The van der Waals surface area contributed by atoms with Gasteiger partial charge in [0, 0.05) is 43.8 Å². The van der Waals surface area contributed by atoms with Crippen molar-refractivity contribution < 1.29 is 18.7 Å². The number of benzene rings is 1. The molecule has 1 fully saturated rings. The van der Waals surface area contributed by atoms with E-state index in [1.165, 1.54) is 23.4 Å². The van der Waals surface area contributed by atoms with Gasteiger partial charge in [0.05, 0.1) is 31.3 Å². The minimum Gasteiger partial charge on any atom is -0.484 e. The monoisotopic (exact) mass is 575 g/mol. The van der Waals surface area contributed by atoms with E-state index in [1.807, 2.05) is 44.4 Å². The summed E-state index contributed by atoms with van der Waals surface area (Å²) in [5.41, 5.74) is 1.98. The maximum atomic E-state index is 14.9. The number of hydrogen-bond donors (Lipinski definition) is 0. The summed E-state index contributed by atoms with van der Waals surface area (Å²) in [6, 6.07) is 9.11. The van der Waals surface area contributed by atoms with Crippen LogP contribution < -0.4 is 10.2 Å². The van der Waals surface area contributed by atoms with Gasteiger partial charge in [0.25, 0.3) is 0 Å². The molecule has 1 saturated heterocycles. The lowest BCUT2D eigenvalue weighted by atomic mass is 9.95. The number of piperidine rings is 1. The van der Waals surface area contributed by atoms with Crippen LogP contribution in [0.4, 0.5) is 9.18 Å². The summed E-state index contributed by atoms with van der Waals surface area (Å²) in [5.74, 6) is 0.505. The van der Waals surface area contributed by atoms with Crippen molar-refractivity contribution in [3.05, 3.63) is 82.8 Å². The highest BCUT2D eigenvalue weighted by atomic mass is 19.1. The molecule has 0 bridgehead atoms. The fourth-order valence-electron chi connectivity index (χ4n) is 4.71. The van der Waals surface area contributed by atoms with Gasteiger partial charge in [-0.2, -0.15) is 10.2 Å². The lowest BCUT2D eigenvalue weighted by Crippen LogP contribution is -2.50. The van der Waals surface area contributed by atoms with Crippen LogP contribution in [0.1, 0.15) is 51.3 Å². The second-order valence-electron chi connectivity index (χ2n) is 11.4.